The summed E-state index contributed by atoms with van der Waals surface area (Å²) >= 11 is 0. The van der Waals surface area contributed by atoms with E-state index in [1.807, 2.05) is 85.4 Å². The lowest BCUT2D eigenvalue weighted by Crippen LogP contribution is -3.06. The molecule has 39 heavy (non-hydrogen) atoms. The van der Waals surface area contributed by atoms with Gasteiger partial charge in [0.05, 0.1) is 24.3 Å². The van der Waals surface area contributed by atoms with Gasteiger partial charge in [-0.3, -0.25) is 9.48 Å². The highest BCUT2D eigenvalue weighted by molar-refractivity contribution is 5.55. The first-order valence-corrected chi connectivity index (χ1v) is 13.7. The Morgan fingerprint density at radius 3 is 1.82 bits per heavy atom. The molecule has 0 saturated heterocycles. The second-order valence-electron chi connectivity index (χ2n) is 9.75. The Hall–Kier alpha value is -3.13. The summed E-state index contributed by atoms with van der Waals surface area (Å²) in [6.07, 6.45) is 0. The Morgan fingerprint density at radius 1 is 0.821 bits per heavy atom. The zero-order valence-electron chi connectivity index (χ0n) is 23.9. The number of hydrogen-bond donors (Lipinski definition) is 2. The van der Waals surface area contributed by atoms with E-state index in [1.54, 1.807) is 4.68 Å². The average Bonchev–Trinajstić information content (AvgIpc) is 3.18. The first-order chi connectivity index (χ1) is 18.3. The van der Waals surface area contributed by atoms with Gasteiger partial charge in [-0.1, -0.05) is 30.3 Å². The molecule has 0 bridgehead atoms. The van der Waals surface area contributed by atoms with Crippen LogP contribution in [0.2, 0.25) is 0 Å². The second-order valence-corrected chi connectivity index (χ2v) is 9.75. The highest BCUT2D eigenvalue weighted by Gasteiger charge is 2.40. The lowest BCUT2D eigenvalue weighted by atomic mass is 9.80. The third-order valence-electron chi connectivity index (χ3n) is 7.89. The van der Waals surface area contributed by atoms with E-state index in [0.29, 0.717) is 22.4 Å². The number of aliphatic hydroxyl groups is 1. The standard InChI is InChI=1S/C32H40N4O2.BrH/c1-7-34(8-2)27-20-16-25(17-21-27)32(38,26-18-22-28(23-19-26)35(9-3)10-4)30-24(5)33(6)36(31(30)37)29-14-12-11-13-15-29;/h11-23,38H,7-10H2,1-6H3;1H. The Balaban J connectivity index is 0.00000420. The van der Waals surface area contributed by atoms with Crippen molar-refractivity contribution in [2.75, 3.05) is 31.1 Å². The number of hydrogen-bond acceptors (Lipinski definition) is 3. The van der Waals surface area contributed by atoms with Crippen LogP contribution in [0.25, 0.3) is 5.69 Å². The summed E-state index contributed by atoms with van der Waals surface area (Å²) in [4.78, 5) is 17.7. The molecule has 4 rings (SSSR count). The van der Waals surface area contributed by atoms with Gasteiger partial charge in [0.15, 0.2) is 0 Å². The summed E-state index contributed by atoms with van der Waals surface area (Å²) < 4.78 is 3.46. The van der Waals surface area contributed by atoms with Crippen LogP contribution < -0.4 is 32.3 Å². The molecule has 1 aromatic heterocycles. The Kier molecular flexibility index (Phi) is 9.99. The third-order valence-corrected chi connectivity index (χ3v) is 7.89. The summed E-state index contributed by atoms with van der Waals surface area (Å²) in [5, 5.41) is 12.7. The van der Waals surface area contributed by atoms with E-state index in [9.17, 15) is 9.90 Å². The minimum atomic E-state index is -1.63. The van der Waals surface area contributed by atoms with Gasteiger partial charge in [-0.15, -0.1) is 0 Å². The highest BCUT2D eigenvalue weighted by atomic mass is 79.9. The maximum atomic E-state index is 14.1. The molecule has 1 unspecified atom stereocenters. The molecule has 0 fully saturated rings. The first-order valence-electron chi connectivity index (χ1n) is 13.7. The van der Waals surface area contributed by atoms with Gasteiger partial charge in [0.1, 0.15) is 11.3 Å². The number of para-hydroxylation sites is 1. The molecule has 1 heterocycles. The van der Waals surface area contributed by atoms with Crippen LogP contribution in [-0.4, -0.2) is 40.6 Å². The topological polar surface area (TPSA) is 54.8 Å². The van der Waals surface area contributed by atoms with Crippen molar-refractivity contribution in [3.05, 3.63) is 112 Å². The molecule has 0 aliphatic rings. The van der Waals surface area contributed by atoms with Crippen LogP contribution in [0.15, 0.2) is 83.7 Å². The molecule has 0 aliphatic heterocycles. The summed E-state index contributed by atoms with van der Waals surface area (Å²) in [6.45, 7) is 14.3. The van der Waals surface area contributed by atoms with Crippen LogP contribution in [0.1, 0.15) is 50.1 Å². The Labute approximate surface area is 242 Å². The minimum absolute atomic E-state index is 0. The van der Waals surface area contributed by atoms with Crippen LogP contribution in [0.3, 0.4) is 0 Å². The maximum absolute atomic E-state index is 14.1. The quantitative estimate of drug-likeness (QED) is 0.291. The van der Waals surface area contributed by atoms with Crippen LogP contribution in [0.5, 0.6) is 0 Å². The molecular weight excluding hydrogens is 552 g/mol. The number of benzene rings is 3. The fraction of sp³-hybridized carbons (Fsp3) is 0.344. The zero-order chi connectivity index (χ0) is 27.4. The van der Waals surface area contributed by atoms with E-state index in [4.69, 9.17) is 0 Å². The average molecular weight is 594 g/mol. The summed E-state index contributed by atoms with van der Waals surface area (Å²) in [5.74, 6) is 0. The molecule has 0 saturated carbocycles. The van der Waals surface area contributed by atoms with Crippen molar-refractivity contribution in [3.8, 4) is 5.69 Å². The molecular formula is C32H41BrN4O2. The van der Waals surface area contributed by atoms with Crippen LogP contribution >= 0.6 is 0 Å². The fourth-order valence-electron chi connectivity index (χ4n) is 5.55. The number of rotatable bonds is 10. The van der Waals surface area contributed by atoms with E-state index in [0.717, 1.165) is 37.6 Å². The summed E-state index contributed by atoms with van der Waals surface area (Å²) in [5.41, 5.74) is 3.58. The van der Waals surface area contributed by atoms with E-state index < -0.39 is 5.60 Å². The van der Waals surface area contributed by atoms with Crippen molar-refractivity contribution in [3.63, 3.8) is 0 Å². The van der Waals surface area contributed by atoms with Gasteiger partial charge in [-0.2, -0.15) is 0 Å². The van der Waals surface area contributed by atoms with Gasteiger partial charge in [0, 0.05) is 31.5 Å². The van der Waals surface area contributed by atoms with Gasteiger partial charge in [-0.25, -0.2) is 4.68 Å². The Morgan fingerprint density at radius 2 is 1.33 bits per heavy atom. The fourth-order valence-corrected chi connectivity index (χ4v) is 5.55. The minimum Gasteiger partial charge on any atom is -1.00 e. The predicted octanol–water partition coefficient (Wildman–Crippen LogP) is 1.18. The van der Waals surface area contributed by atoms with Gasteiger partial charge >= 0.3 is 0 Å². The van der Waals surface area contributed by atoms with Crippen molar-refractivity contribution < 1.29 is 27.0 Å². The van der Waals surface area contributed by atoms with Gasteiger partial charge in [0.2, 0.25) is 0 Å². The molecule has 0 spiro atoms. The van der Waals surface area contributed by atoms with Gasteiger partial charge in [0.25, 0.3) is 5.56 Å². The molecule has 0 aliphatic carbocycles. The SMILES string of the molecule is CCN(CC)c1ccc(C(O)(c2ccc([NH+](CC)CC)cc2)c2c(C)n(C)n(-c3ccccc3)c2=O)cc1.[Br-]. The van der Waals surface area contributed by atoms with Crippen LogP contribution in [0.4, 0.5) is 11.4 Å². The molecule has 1 atom stereocenters. The van der Waals surface area contributed by atoms with Crippen molar-refractivity contribution in [2.45, 2.75) is 40.2 Å². The largest absolute Gasteiger partial charge is 1.00 e. The van der Waals surface area contributed by atoms with Crippen molar-refractivity contribution in [1.82, 2.24) is 9.36 Å². The maximum Gasteiger partial charge on any atom is 0.278 e. The smallest absolute Gasteiger partial charge is 0.278 e. The monoisotopic (exact) mass is 592 g/mol. The second kappa shape index (κ2) is 12.8. The lowest BCUT2D eigenvalue weighted by Gasteiger charge is -2.30. The van der Waals surface area contributed by atoms with E-state index in [-0.39, 0.29) is 22.5 Å². The highest BCUT2D eigenvalue weighted by Crippen LogP contribution is 2.38. The zero-order valence-corrected chi connectivity index (χ0v) is 25.5. The molecule has 0 radical (unpaired) electrons. The number of anilines is 1. The molecule has 4 aromatic rings. The third kappa shape index (κ3) is 5.49. The number of halogens is 1. The van der Waals surface area contributed by atoms with E-state index in [1.165, 1.54) is 10.6 Å². The molecule has 7 heteroatoms. The van der Waals surface area contributed by atoms with Crippen molar-refractivity contribution in [1.29, 1.82) is 0 Å². The number of quaternary nitrogens is 1. The van der Waals surface area contributed by atoms with Gasteiger partial charge < -0.3 is 31.9 Å². The molecule has 0 amide bonds. The molecule has 6 nitrogen and oxygen atoms in total. The normalized spacial score (nSPS) is 12.7. The predicted molar refractivity (Wildman–Crippen MR) is 156 cm³/mol. The Bertz CT molecular complexity index is 1350. The lowest BCUT2D eigenvalue weighted by molar-refractivity contribution is -0.828. The molecule has 208 valence electrons. The molecule has 3 aromatic carbocycles. The van der Waals surface area contributed by atoms with Crippen LogP contribution in [-0.2, 0) is 12.6 Å². The molecule has 2 N–H and O–H groups in total. The number of nitrogens with one attached hydrogen (secondary N) is 1. The first kappa shape index (κ1) is 30.4. The van der Waals surface area contributed by atoms with Gasteiger partial charge in [-0.05, 0) is 94.3 Å². The van der Waals surface area contributed by atoms with E-state index >= 15 is 0 Å². The summed E-state index contributed by atoms with van der Waals surface area (Å²) in [7, 11) is 1.87. The van der Waals surface area contributed by atoms with E-state index in [2.05, 4.69) is 44.7 Å². The summed E-state index contributed by atoms with van der Waals surface area (Å²) in [6, 6.07) is 25.6. The van der Waals surface area contributed by atoms with Crippen molar-refractivity contribution >= 4 is 11.4 Å². The van der Waals surface area contributed by atoms with Crippen molar-refractivity contribution in [2.24, 2.45) is 7.05 Å². The number of aromatic nitrogens is 2. The van der Waals surface area contributed by atoms with Crippen LogP contribution in [0, 0.1) is 6.92 Å². The number of nitrogens with zero attached hydrogens (tertiary/aromatic N) is 3.